The minimum atomic E-state index is -0.148. The van der Waals surface area contributed by atoms with Crippen molar-refractivity contribution in [1.82, 2.24) is 15.0 Å². The van der Waals surface area contributed by atoms with Gasteiger partial charge in [0.1, 0.15) is 0 Å². The second-order valence-electron chi connectivity index (χ2n) is 2.94. The van der Waals surface area contributed by atoms with Crippen LogP contribution >= 0.6 is 35.0 Å². The van der Waals surface area contributed by atoms with Crippen molar-refractivity contribution >= 4 is 41.1 Å². The van der Waals surface area contributed by atoms with Crippen molar-refractivity contribution in [3.05, 3.63) is 16.1 Å². The zero-order valence-electron chi connectivity index (χ0n) is 9.28. The van der Waals surface area contributed by atoms with Crippen LogP contribution in [0.1, 0.15) is 10.7 Å². The molecule has 0 aliphatic carbocycles. The first-order valence-corrected chi connectivity index (χ1v) is 7.82. The van der Waals surface area contributed by atoms with Gasteiger partial charge in [-0.1, -0.05) is 0 Å². The number of rotatable bonds is 6. The van der Waals surface area contributed by atoms with E-state index in [1.165, 1.54) is 11.9 Å². The van der Waals surface area contributed by atoms with Gasteiger partial charge in [-0.3, -0.25) is 4.72 Å². The molecule has 2 amide bonds. The van der Waals surface area contributed by atoms with E-state index in [2.05, 4.69) is 20.4 Å². The number of nitrogens with zero attached hydrogens (tertiary/aromatic N) is 1. The van der Waals surface area contributed by atoms with Gasteiger partial charge in [0.05, 0.1) is 10.7 Å². The molecule has 0 saturated carbocycles. The van der Waals surface area contributed by atoms with Gasteiger partial charge in [-0.2, -0.15) is 11.8 Å². The Morgan fingerprint density at radius 3 is 3.00 bits per heavy atom. The molecule has 0 spiro atoms. The lowest BCUT2D eigenvalue weighted by atomic mass is 10.6. The monoisotopic (exact) mass is 277 g/mol. The fourth-order valence-electron chi connectivity index (χ4n) is 0.919. The summed E-state index contributed by atoms with van der Waals surface area (Å²) in [5.41, 5.74) is 1.15. The van der Waals surface area contributed by atoms with Crippen LogP contribution in [0.3, 0.4) is 0 Å². The number of aromatic nitrogens is 1. The number of thiazole rings is 1. The summed E-state index contributed by atoms with van der Waals surface area (Å²) in [6.45, 7) is 2.02. The average Bonchev–Trinajstić information content (AvgIpc) is 2.69. The second kappa shape index (κ2) is 7.81. The lowest BCUT2D eigenvalue weighted by Gasteiger charge is -2.02. The highest BCUT2D eigenvalue weighted by Gasteiger charge is 1.99. The SMILES string of the molecule is CNC(=O)NSCCSCc1csc(C)n1. The first-order valence-electron chi connectivity index (χ1n) is 4.80. The molecule has 90 valence electrons. The van der Waals surface area contributed by atoms with E-state index >= 15 is 0 Å². The van der Waals surface area contributed by atoms with Crippen molar-refractivity contribution in [2.45, 2.75) is 12.7 Å². The van der Waals surface area contributed by atoms with Gasteiger partial charge in [-0.15, -0.1) is 11.3 Å². The van der Waals surface area contributed by atoms with Crippen molar-refractivity contribution in [3.63, 3.8) is 0 Å². The topological polar surface area (TPSA) is 54.0 Å². The molecule has 0 unspecified atom stereocenters. The molecule has 0 bridgehead atoms. The van der Waals surface area contributed by atoms with E-state index < -0.39 is 0 Å². The molecule has 2 N–H and O–H groups in total. The second-order valence-corrected chi connectivity index (χ2v) is 6.01. The van der Waals surface area contributed by atoms with Gasteiger partial charge in [0.2, 0.25) is 0 Å². The maximum absolute atomic E-state index is 10.8. The Morgan fingerprint density at radius 1 is 1.56 bits per heavy atom. The summed E-state index contributed by atoms with van der Waals surface area (Å²) in [6.07, 6.45) is 0. The largest absolute Gasteiger partial charge is 0.341 e. The molecule has 1 heterocycles. The number of amides is 2. The predicted octanol–water partition coefficient (Wildman–Crippen LogP) is 2.26. The van der Waals surface area contributed by atoms with Gasteiger partial charge in [0, 0.05) is 29.7 Å². The number of carbonyl (C=O) groups excluding carboxylic acids is 1. The number of nitrogens with one attached hydrogen (secondary N) is 2. The smallest absolute Gasteiger partial charge is 0.324 e. The minimum absolute atomic E-state index is 0.148. The Hall–Kier alpha value is -0.400. The number of hydrogen-bond donors (Lipinski definition) is 2. The number of hydrogen-bond acceptors (Lipinski definition) is 5. The summed E-state index contributed by atoms with van der Waals surface area (Å²) in [7, 11) is 1.61. The highest BCUT2D eigenvalue weighted by atomic mass is 32.2. The number of carbonyl (C=O) groups is 1. The molecule has 0 saturated heterocycles. The average molecular weight is 277 g/mol. The first-order chi connectivity index (χ1) is 7.72. The Labute approximate surface area is 108 Å². The zero-order valence-corrected chi connectivity index (χ0v) is 11.7. The zero-order chi connectivity index (χ0) is 11.8. The van der Waals surface area contributed by atoms with Crippen LogP contribution in [0.4, 0.5) is 4.79 Å². The molecule has 7 heteroatoms. The molecule has 0 aliphatic rings. The third-order valence-corrected chi connectivity index (χ3v) is 4.45. The summed E-state index contributed by atoms with van der Waals surface area (Å²) in [5.74, 6) is 2.86. The maximum atomic E-state index is 10.8. The number of thioether (sulfide) groups is 1. The molecule has 0 aromatic carbocycles. The summed E-state index contributed by atoms with van der Waals surface area (Å²) >= 11 is 4.94. The van der Waals surface area contributed by atoms with E-state index in [4.69, 9.17) is 0 Å². The molecule has 0 aliphatic heterocycles. The van der Waals surface area contributed by atoms with Crippen molar-refractivity contribution in [3.8, 4) is 0 Å². The van der Waals surface area contributed by atoms with Crippen LogP contribution in [0.15, 0.2) is 5.38 Å². The lowest BCUT2D eigenvalue weighted by Crippen LogP contribution is -2.27. The van der Waals surface area contributed by atoms with E-state index in [9.17, 15) is 4.79 Å². The Bertz CT molecular complexity index is 330. The van der Waals surface area contributed by atoms with Crippen LogP contribution in [0.5, 0.6) is 0 Å². The van der Waals surface area contributed by atoms with Crippen LogP contribution in [0.25, 0.3) is 0 Å². The molecule has 4 nitrogen and oxygen atoms in total. The molecule has 1 aromatic rings. The third kappa shape index (κ3) is 5.62. The van der Waals surface area contributed by atoms with E-state index in [-0.39, 0.29) is 6.03 Å². The van der Waals surface area contributed by atoms with Gasteiger partial charge >= 0.3 is 6.03 Å². The quantitative estimate of drug-likeness (QED) is 0.618. The molecule has 0 fully saturated rings. The van der Waals surface area contributed by atoms with Crippen molar-refractivity contribution in [2.75, 3.05) is 18.6 Å². The Morgan fingerprint density at radius 2 is 2.38 bits per heavy atom. The molecular weight excluding hydrogens is 262 g/mol. The molecular formula is C9H15N3OS3. The number of aryl methyl sites for hydroxylation is 1. The fourth-order valence-corrected chi connectivity index (χ4v) is 3.28. The minimum Gasteiger partial charge on any atom is -0.341 e. The Balaban J connectivity index is 1.98. The number of urea groups is 1. The van der Waals surface area contributed by atoms with Crippen molar-refractivity contribution in [2.24, 2.45) is 0 Å². The van der Waals surface area contributed by atoms with Crippen molar-refractivity contribution < 1.29 is 4.79 Å². The normalized spacial score (nSPS) is 10.1. The fraction of sp³-hybridized carbons (Fsp3) is 0.556. The molecule has 1 aromatic heterocycles. The summed E-state index contributed by atoms with van der Waals surface area (Å²) in [5, 5.41) is 5.71. The first kappa shape index (κ1) is 13.7. The van der Waals surface area contributed by atoms with Crippen LogP contribution in [-0.2, 0) is 5.75 Å². The molecule has 16 heavy (non-hydrogen) atoms. The van der Waals surface area contributed by atoms with Crippen molar-refractivity contribution in [1.29, 1.82) is 0 Å². The maximum Gasteiger partial charge on any atom is 0.324 e. The van der Waals surface area contributed by atoms with Crippen LogP contribution in [-0.4, -0.2) is 29.6 Å². The van der Waals surface area contributed by atoms with E-state index in [1.807, 2.05) is 18.7 Å². The summed E-state index contributed by atoms with van der Waals surface area (Å²) < 4.78 is 2.67. The van der Waals surface area contributed by atoms with Crippen LogP contribution in [0.2, 0.25) is 0 Å². The van der Waals surface area contributed by atoms with Gasteiger partial charge in [0.15, 0.2) is 0 Å². The van der Waals surface area contributed by atoms with Gasteiger partial charge in [0.25, 0.3) is 0 Å². The molecule has 0 radical (unpaired) electrons. The van der Waals surface area contributed by atoms with Gasteiger partial charge in [-0.25, -0.2) is 9.78 Å². The van der Waals surface area contributed by atoms with Crippen LogP contribution < -0.4 is 10.0 Å². The molecule has 0 atom stereocenters. The lowest BCUT2D eigenvalue weighted by molar-refractivity contribution is 0.248. The predicted molar refractivity (Wildman–Crippen MR) is 73.1 cm³/mol. The highest BCUT2D eigenvalue weighted by molar-refractivity contribution is 8.01. The van der Waals surface area contributed by atoms with E-state index in [0.29, 0.717) is 0 Å². The van der Waals surface area contributed by atoms with Gasteiger partial charge in [-0.05, 0) is 18.9 Å². The summed E-state index contributed by atoms with van der Waals surface area (Å²) in [6, 6.07) is -0.148. The van der Waals surface area contributed by atoms with E-state index in [1.54, 1.807) is 18.4 Å². The van der Waals surface area contributed by atoms with E-state index in [0.717, 1.165) is 28.0 Å². The Kier molecular flexibility index (Phi) is 6.67. The van der Waals surface area contributed by atoms with Crippen LogP contribution in [0, 0.1) is 6.92 Å². The molecule has 1 rings (SSSR count). The third-order valence-electron chi connectivity index (χ3n) is 1.64. The standard InChI is InChI=1S/C9H15N3OS3/c1-7-11-8(6-15-7)5-14-3-4-16-12-9(13)10-2/h6H,3-5H2,1-2H3,(H2,10,12,13). The van der Waals surface area contributed by atoms with Gasteiger partial charge < -0.3 is 5.32 Å². The highest BCUT2D eigenvalue weighted by Crippen LogP contribution is 2.15. The summed E-state index contributed by atoms with van der Waals surface area (Å²) in [4.78, 5) is 15.2.